The molecule has 0 bridgehead atoms. The van der Waals surface area contributed by atoms with Gasteiger partial charge in [-0.15, -0.1) is 0 Å². The molecule has 0 atom stereocenters. The fraction of sp³-hybridized carbons (Fsp3) is 0.412. The maximum atomic E-state index is 5.50. The summed E-state index contributed by atoms with van der Waals surface area (Å²) in [6.45, 7) is 6.22. The van der Waals surface area contributed by atoms with Gasteiger partial charge in [0.05, 0.1) is 0 Å². The minimum atomic E-state index is -0.433. The average Bonchev–Trinajstić information content (AvgIpc) is 2.49. The highest BCUT2D eigenvalue weighted by atomic mass is 16.6. The Labute approximate surface area is 127 Å². The third-order valence-corrected chi connectivity index (χ3v) is 2.83. The molecule has 1 aromatic rings. The Morgan fingerprint density at radius 3 is 2.48 bits per heavy atom. The lowest BCUT2D eigenvalue weighted by Crippen LogP contribution is -2.40. The van der Waals surface area contributed by atoms with Crippen molar-refractivity contribution in [2.24, 2.45) is 5.41 Å². The first-order chi connectivity index (χ1) is 10.2. The van der Waals surface area contributed by atoms with E-state index in [0.717, 1.165) is 5.56 Å². The van der Waals surface area contributed by atoms with Gasteiger partial charge in [0, 0.05) is 24.2 Å². The Morgan fingerprint density at radius 2 is 1.76 bits per heavy atom. The van der Waals surface area contributed by atoms with Gasteiger partial charge in [0.15, 0.2) is 0 Å². The SMILES string of the molecule is CC1(C)COB(C#CCOCC#Cc2ccccc2)OC1. The quantitative estimate of drug-likeness (QED) is 0.472. The molecule has 1 heterocycles. The van der Waals surface area contributed by atoms with Crippen LogP contribution in [0.3, 0.4) is 0 Å². The standard InChI is InChI=1S/C17H19BO3/c1-17(2)14-20-18(21-15-17)11-7-13-19-12-6-10-16-8-4-3-5-9-16/h3-5,8-9H,12-15H2,1-2H3. The molecule has 2 rings (SSSR count). The first-order valence-electron chi connectivity index (χ1n) is 6.99. The maximum absolute atomic E-state index is 5.50. The van der Waals surface area contributed by atoms with Gasteiger partial charge in [0.1, 0.15) is 13.2 Å². The summed E-state index contributed by atoms with van der Waals surface area (Å²) in [5.74, 6) is 11.8. The number of benzene rings is 1. The van der Waals surface area contributed by atoms with Crippen molar-refractivity contribution in [1.82, 2.24) is 0 Å². The van der Waals surface area contributed by atoms with Crippen molar-refractivity contribution in [1.29, 1.82) is 0 Å². The van der Waals surface area contributed by atoms with Gasteiger partial charge >= 0.3 is 7.12 Å². The first kappa shape index (κ1) is 15.7. The summed E-state index contributed by atoms with van der Waals surface area (Å²) in [5.41, 5.74) is 1.06. The largest absolute Gasteiger partial charge is 0.550 e. The summed E-state index contributed by atoms with van der Waals surface area (Å²) in [5, 5.41) is 0. The summed E-state index contributed by atoms with van der Waals surface area (Å²) in [4.78, 5) is 0. The van der Waals surface area contributed by atoms with Crippen molar-refractivity contribution in [3.8, 4) is 23.6 Å². The molecule has 0 aliphatic carbocycles. The van der Waals surface area contributed by atoms with Crippen LogP contribution in [0.4, 0.5) is 0 Å². The summed E-state index contributed by atoms with van der Waals surface area (Å²) in [7, 11) is -0.433. The monoisotopic (exact) mass is 282 g/mol. The van der Waals surface area contributed by atoms with E-state index in [1.54, 1.807) is 0 Å². The van der Waals surface area contributed by atoms with Gasteiger partial charge in [-0.25, -0.2) is 0 Å². The minimum absolute atomic E-state index is 0.0711. The lowest BCUT2D eigenvalue weighted by Gasteiger charge is -2.31. The molecular formula is C17H19BO3. The summed E-state index contributed by atoms with van der Waals surface area (Å²) < 4.78 is 16.3. The van der Waals surface area contributed by atoms with Crippen molar-refractivity contribution >= 4 is 7.12 Å². The Morgan fingerprint density at radius 1 is 1.10 bits per heavy atom. The molecule has 3 nitrogen and oxygen atoms in total. The molecule has 0 spiro atoms. The number of hydrogen-bond donors (Lipinski definition) is 0. The van der Waals surface area contributed by atoms with Crippen LogP contribution in [0.15, 0.2) is 30.3 Å². The normalized spacial score (nSPS) is 16.4. The molecular weight excluding hydrogens is 263 g/mol. The van der Waals surface area contributed by atoms with Crippen LogP contribution in [-0.4, -0.2) is 33.5 Å². The van der Waals surface area contributed by atoms with Crippen molar-refractivity contribution in [3.05, 3.63) is 35.9 Å². The van der Waals surface area contributed by atoms with E-state index >= 15 is 0 Å². The van der Waals surface area contributed by atoms with Crippen molar-refractivity contribution in [2.45, 2.75) is 13.8 Å². The first-order valence-corrected chi connectivity index (χ1v) is 6.99. The van der Waals surface area contributed by atoms with Crippen molar-refractivity contribution < 1.29 is 14.0 Å². The van der Waals surface area contributed by atoms with E-state index in [4.69, 9.17) is 14.0 Å². The topological polar surface area (TPSA) is 27.7 Å². The molecule has 1 aromatic carbocycles. The Balaban J connectivity index is 1.63. The van der Waals surface area contributed by atoms with Gasteiger partial charge in [0.2, 0.25) is 0 Å². The van der Waals surface area contributed by atoms with Gasteiger partial charge in [0.25, 0.3) is 0 Å². The molecule has 0 aromatic heterocycles. The highest BCUT2D eigenvalue weighted by Gasteiger charge is 2.30. The van der Waals surface area contributed by atoms with Crippen LogP contribution in [0.25, 0.3) is 0 Å². The zero-order valence-corrected chi connectivity index (χ0v) is 12.5. The van der Waals surface area contributed by atoms with E-state index in [2.05, 4.69) is 37.4 Å². The van der Waals surface area contributed by atoms with Gasteiger partial charge in [-0.05, 0) is 12.1 Å². The smallest absolute Gasteiger partial charge is 0.400 e. The molecule has 1 saturated heterocycles. The highest BCUT2D eigenvalue weighted by Crippen LogP contribution is 2.20. The molecule has 0 amide bonds. The van der Waals surface area contributed by atoms with Gasteiger partial charge in [-0.3, -0.25) is 0 Å². The summed E-state index contributed by atoms with van der Waals surface area (Å²) in [6, 6.07) is 9.81. The van der Waals surface area contributed by atoms with E-state index in [-0.39, 0.29) is 5.41 Å². The van der Waals surface area contributed by atoms with Gasteiger partial charge in [-0.2, -0.15) is 0 Å². The van der Waals surface area contributed by atoms with Gasteiger partial charge in [-0.1, -0.05) is 55.6 Å². The Hall–Kier alpha value is -1.72. The predicted octanol–water partition coefficient (Wildman–Crippen LogP) is 2.16. The van der Waals surface area contributed by atoms with E-state index in [9.17, 15) is 0 Å². The van der Waals surface area contributed by atoms with E-state index < -0.39 is 7.12 Å². The second-order valence-corrected chi connectivity index (χ2v) is 5.60. The van der Waals surface area contributed by atoms with Crippen LogP contribution in [0.2, 0.25) is 0 Å². The molecule has 0 saturated carbocycles. The third-order valence-electron chi connectivity index (χ3n) is 2.83. The lowest BCUT2D eigenvalue weighted by atomic mass is 9.85. The molecule has 1 aliphatic rings. The Kier molecular flexibility index (Phi) is 5.90. The second-order valence-electron chi connectivity index (χ2n) is 5.60. The zero-order chi connectivity index (χ0) is 15.0. The number of rotatable bonds is 2. The zero-order valence-electron chi connectivity index (χ0n) is 12.5. The number of ether oxygens (including phenoxy) is 1. The predicted molar refractivity (Wildman–Crippen MR) is 83.4 cm³/mol. The van der Waals surface area contributed by atoms with Crippen LogP contribution in [-0.2, 0) is 14.0 Å². The molecule has 1 aliphatic heterocycles. The maximum Gasteiger partial charge on any atom is 0.550 e. The summed E-state index contributed by atoms with van der Waals surface area (Å²) in [6.07, 6.45) is 0. The van der Waals surface area contributed by atoms with Crippen LogP contribution in [0.1, 0.15) is 19.4 Å². The van der Waals surface area contributed by atoms with E-state index in [0.29, 0.717) is 26.4 Å². The molecule has 108 valence electrons. The third kappa shape index (κ3) is 6.06. The van der Waals surface area contributed by atoms with Crippen molar-refractivity contribution in [3.63, 3.8) is 0 Å². The van der Waals surface area contributed by atoms with Crippen LogP contribution >= 0.6 is 0 Å². The van der Waals surface area contributed by atoms with Crippen LogP contribution in [0, 0.1) is 29.0 Å². The molecule has 4 heteroatoms. The average molecular weight is 282 g/mol. The number of hydrogen-bond acceptors (Lipinski definition) is 3. The van der Waals surface area contributed by atoms with Crippen LogP contribution < -0.4 is 0 Å². The fourth-order valence-electron chi connectivity index (χ4n) is 1.71. The lowest BCUT2D eigenvalue weighted by molar-refractivity contribution is 0.0347. The molecule has 0 unspecified atom stereocenters. The van der Waals surface area contributed by atoms with E-state index in [1.165, 1.54) is 0 Å². The summed E-state index contributed by atoms with van der Waals surface area (Å²) >= 11 is 0. The second kappa shape index (κ2) is 7.91. The Bertz CT molecular complexity index is 550. The molecule has 0 N–H and O–H groups in total. The van der Waals surface area contributed by atoms with Gasteiger partial charge < -0.3 is 14.0 Å². The molecule has 0 radical (unpaired) electrons. The van der Waals surface area contributed by atoms with E-state index in [1.807, 2.05) is 30.3 Å². The van der Waals surface area contributed by atoms with Crippen LogP contribution in [0.5, 0.6) is 0 Å². The highest BCUT2D eigenvalue weighted by molar-refractivity contribution is 6.54. The minimum Gasteiger partial charge on any atom is -0.400 e. The molecule has 21 heavy (non-hydrogen) atoms. The fourth-order valence-corrected chi connectivity index (χ4v) is 1.71. The van der Waals surface area contributed by atoms with Crippen molar-refractivity contribution in [2.75, 3.05) is 26.4 Å². The molecule has 1 fully saturated rings.